The van der Waals surface area contributed by atoms with E-state index in [1.807, 2.05) is 0 Å². The molecule has 0 amide bonds. The summed E-state index contributed by atoms with van der Waals surface area (Å²) in [7, 11) is 0. The van der Waals surface area contributed by atoms with E-state index in [1.54, 1.807) is 18.2 Å². The number of carbonyl (C=O) groups excluding carboxylic acids is 1. The summed E-state index contributed by atoms with van der Waals surface area (Å²) in [5, 5.41) is 9.40. The lowest BCUT2D eigenvalue weighted by molar-refractivity contribution is -0.141. The number of hydrogen-bond donors (Lipinski definition) is 1. The first-order valence-corrected chi connectivity index (χ1v) is 5.00. The Morgan fingerprint density at radius 2 is 2.13 bits per heavy atom. The van der Waals surface area contributed by atoms with E-state index in [0.29, 0.717) is 17.0 Å². The highest BCUT2D eigenvalue weighted by molar-refractivity contribution is 6.30. The number of carboxylic acids is 1. The van der Waals surface area contributed by atoms with Crippen LogP contribution in [0.5, 0.6) is 0 Å². The summed E-state index contributed by atoms with van der Waals surface area (Å²) < 4.78 is 0. The van der Waals surface area contributed by atoms with Gasteiger partial charge in [-0.05, 0) is 30.2 Å². The summed E-state index contributed by atoms with van der Waals surface area (Å²) in [4.78, 5) is 22.4. The summed E-state index contributed by atoms with van der Waals surface area (Å²) >= 11 is 5.79. The molecule has 0 bridgehead atoms. The van der Waals surface area contributed by atoms with Gasteiger partial charge in [-0.25, -0.2) is 0 Å². The monoisotopic (exact) mass is 224 g/mol. The van der Waals surface area contributed by atoms with Gasteiger partial charge in [-0.15, -0.1) is 0 Å². The van der Waals surface area contributed by atoms with Crippen LogP contribution in [0, 0.1) is 5.92 Å². The molecule has 1 N–H and O–H groups in total. The molecule has 3 nitrogen and oxygen atoms in total. The number of carbonyl (C=O) groups is 2. The van der Waals surface area contributed by atoms with Gasteiger partial charge in [0.2, 0.25) is 0 Å². The van der Waals surface area contributed by atoms with Gasteiger partial charge in [-0.1, -0.05) is 11.6 Å². The number of benzene rings is 1. The van der Waals surface area contributed by atoms with E-state index in [9.17, 15) is 9.59 Å². The fraction of sp³-hybridized carbons (Fsp3) is 0.273. The van der Waals surface area contributed by atoms with Crippen LogP contribution in [0.1, 0.15) is 22.3 Å². The second-order valence-electron chi connectivity index (χ2n) is 3.67. The van der Waals surface area contributed by atoms with E-state index in [2.05, 4.69) is 0 Å². The summed E-state index contributed by atoms with van der Waals surface area (Å²) in [5.74, 6) is -1.64. The second-order valence-corrected chi connectivity index (χ2v) is 4.10. The molecule has 0 fully saturated rings. The molecule has 0 heterocycles. The fourth-order valence-electron chi connectivity index (χ4n) is 1.85. The molecular weight excluding hydrogens is 216 g/mol. The maximum atomic E-state index is 11.6. The first-order valence-electron chi connectivity index (χ1n) is 4.62. The van der Waals surface area contributed by atoms with Crippen molar-refractivity contribution in [2.24, 2.45) is 5.92 Å². The predicted octanol–water partition coefficient (Wildman–Crippen LogP) is 2.17. The van der Waals surface area contributed by atoms with Gasteiger partial charge in [0.25, 0.3) is 0 Å². The first-order chi connectivity index (χ1) is 7.08. The molecule has 0 spiro atoms. The highest BCUT2D eigenvalue weighted by atomic mass is 35.5. The molecular formula is C11H9ClO3. The van der Waals surface area contributed by atoms with E-state index >= 15 is 0 Å². The lowest BCUT2D eigenvalue weighted by Crippen LogP contribution is -2.26. The molecule has 0 aliphatic heterocycles. The Hall–Kier alpha value is -1.35. The molecule has 1 atom stereocenters. The van der Waals surface area contributed by atoms with Crippen molar-refractivity contribution in [3.8, 4) is 0 Å². The van der Waals surface area contributed by atoms with Crippen LogP contribution in [-0.4, -0.2) is 16.9 Å². The number of hydrogen-bond acceptors (Lipinski definition) is 2. The Balaban J connectivity index is 2.41. The quantitative estimate of drug-likeness (QED) is 0.796. The predicted molar refractivity (Wildman–Crippen MR) is 55.2 cm³/mol. The summed E-state index contributed by atoms with van der Waals surface area (Å²) in [6, 6.07) is 4.99. The normalized spacial score (nSPS) is 19.8. The van der Waals surface area contributed by atoms with E-state index in [0.717, 1.165) is 5.56 Å². The number of carboxylic acid groups (broad SMARTS) is 1. The van der Waals surface area contributed by atoms with Crippen molar-refractivity contribution in [3.05, 3.63) is 34.3 Å². The van der Waals surface area contributed by atoms with Crippen molar-refractivity contribution in [2.75, 3.05) is 0 Å². The van der Waals surface area contributed by atoms with Crippen LogP contribution in [0.3, 0.4) is 0 Å². The Kier molecular flexibility index (Phi) is 2.49. The van der Waals surface area contributed by atoms with Gasteiger partial charge < -0.3 is 5.11 Å². The average Bonchev–Trinajstić information content (AvgIpc) is 2.16. The van der Waals surface area contributed by atoms with Crippen LogP contribution in [0.25, 0.3) is 0 Å². The lowest BCUT2D eigenvalue weighted by Gasteiger charge is -2.20. The van der Waals surface area contributed by atoms with Crippen LogP contribution < -0.4 is 0 Å². The van der Waals surface area contributed by atoms with Gasteiger partial charge in [0.05, 0.1) is 5.92 Å². The molecule has 0 saturated carbocycles. The third kappa shape index (κ3) is 1.88. The number of halogens is 1. The van der Waals surface area contributed by atoms with Crippen molar-refractivity contribution in [2.45, 2.75) is 12.8 Å². The minimum absolute atomic E-state index is 0.0873. The maximum Gasteiger partial charge on any atom is 0.307 e. The Morgan fingerprint density at radius 3 is 2.80 bits per heavy atom. The molecule has 2 rings (SSSR count). The van der Waals surface area contributed by atoms with Crippen LogP contribution in [0.15, 0.2) is 18.2 Å². The van der Waals surface area contributed by atoms with Crippen molar-refractivity contribution in [3.63, 3.8) is 0 Å². The molecule has 78 valence electrons. The van der Waals surface area contributed by atoms with Gasteiger partial charge in [0, 0.05) is 17.0 Å². The van der Waals surface area contributed by atoms with Gasteiger partial charge in [0.15, 0.2) is 5.78 Å². The first kappa shape index (κ1) is 10.2. The lowest BCUT2D eigenvalue weighted by atomic mass is 9.83. The van der Waals surface area contributed by atoms with Gasteiger partial charge in [-0.2, -0.15) is 0 Å². The van der Waals surface area contributed by atoms with Crippen molar-refractivity contribution >= 4 is 23.4 Å². The van der Waals surface area contributed by atoms with E-state index in [4.69, 9.17) is 16.7 Å². The molecule has 1 aliphatic rings. The standard InChI is InChI=1S/C11H9ClO3/c12-8-1-2-9-6(4-8)3-7(11(14)15)5-10(9)13/h1-2,4,7H,3,5H2,(H,14,15). The minimum Gasteiger partial charge on any atom is -0.481 e. The third-order valence-electron chi connectivity index (χ3n) is 2.62. The molecule has 1 aromatic rings. The molecule has 15 heavy (non-hydrogen) atoms. The van der Waals surface area contributed by atoms with Gasteiger partial charge >= 0.3 is 5.97 Å². The van der Waals surface area contributed by atoms with Gasteiger partial charge in [0.1, 0.15) is 0 Å². The summed E-state index contributed by atoms with van der Waals surface area (Å²) in [6.07, 6.45) is 0.473. The third-order valence-corrected chi connectivity index (χ3v) is 2.85. The molecule has 1 unspecified atom stereocenters. The number of ketones is 1. The average molecular weight is 225 g/mol. The van der Waals surface area contributed by atoms with Crippen LogP contribution >= 0.6 is 11.6 Å². The molecule has 1 aliphatic carbocycles. The Labute approximate surface area is 91.7 Å². The molecule has 0 radical (unpaired) electrons. The smallest absolute Gasteiger partial charge is 0.307 e. The maximum absolute atomic E-state index is 11.6. The largest absolute Gasteiger partial charge is 0.481 e. The van der Waals surface area contributed by atoms with Crippen molar-refractivity contribution in [1.82, 2.24) is 0 Å². The van der Waals surface area contributed by atoms with Crippen molar-refractivity contribution < 1.29 is 14.7 Å². The number of rotatable bonds is 1. The zero-order chi connectivity index (χ0) is 11.0. The van der Waals surface area contributed by atoms with E-state index < -0.39 is 11.9 Å². The Morgan fingerprint density at radius 1 is 1.40 bits per heavy atom. The Bertz CT molecular complexity index is 439. The van der Waals surface area contributed by atoms with Gasteiger partial charge in [-0.3, -0.25) is 9.59 Å². The minimum atomic E-state index is -0.922. The van der Waals surface area contributed by atoms with Crippen LogP contribution in [0.4, 0.5) is 0 Å². The van der Waals surface area contributed by atoms with E-state index in [1.165, 1.54) is 0 Å². The van der Waals surface area contributed by atoms with Crippen LogP contribution in [-0.2, 0) is 11.2 Å². The number of Topliss-reactive ketones (excluding diaryl/α,β-unsaturated/α-hetero) is 1. The van der Waals surface area contributed by atoms with E-state index in [-0.39, 0.29) is 12.2 Å². The number of aliphatic carboxylic acids is 1. The molecule has 0 aromatic heterocycles. The summed E-state index contributed by atoms with van der Waals surface area (Å²) in [6.45, 7) is 0. The zero-order valence-electron chi connectivity index (χ0n) is 7.87. The zero-order valence-corrected chi connectivity index (χ0v) is 8.62. The highest BCUT2D eigenvalue weighted by Gasteiger charge is 2.29. The fourth-order valence-corrected chi connectivity index (χ4v) is 2.04. The topological polar surface area (TPSA) is 54.4 Å². The molecule has 4 heteroatoms. The van der Waals surface area contributed by atoms with Crippen molar-refractivity contribution in [1.29, 1.82) is 0 Å². The molecule has 0 saturated heterocycles. The number of fused-ring (bicyclic) bond motifs is 1. The second kappa shape index (κ2) is 3.66. The molecule has 1 aromatic carbocycles. The SMILES string of the molecule is O=C1CC(C(=O)O)Cc2cc(Cl)ccc21. The highest BCUT2D eigenvalue weighted by Crippen LogP contribution is 2.27. The summed E-state index contributed by atoms with van der Waals surface area (Å²) in [5.41, 5.74) is 1.35. The van der Waals surface area contributed by atoms with Crippen LogP contribution in [0.2, 0.25) is 5.02 Å².